The van der Waals surface area contributed by atoms with E-state index in [0.717, 1.165) is 0 Å². The lowest BCUT2D eigenvalue weighted by Crippen LogP contribution is -2.19. The predicted octanol–water partition coefficient (Wildman–Crippen LogP) is 2.63. The van der Waals surface area contributed by atoms with Crippen LogP contribution in [0.4, 0.5) is 4.79 Å². The summed E-state index contributed by atoms with van der Waals surface area (Å²) < 4.78 is 4.39. The van der Waals surface area contributed by atoms with Gasteiger partial charge in [0.25, 0.3) is 0 Å². The molecule has 0 aliphatic rings. The Hall–Kier alpha value is -0.640. The van der Waals surface area contributed by atoms with Gasteiger partial charge in [0, 0.05) is 16.5 Å². The van der Waals surface area contributed by atoms with Gasteiger partial charge in [-0.25, -0.2) is 4.79 Å². The molecule has 0 radical (unpaired) electrons. The van der Waals surface area contributed by atoms with E-state index in [4.69, 9.17) is 28.7 Å². The summed E-state index contributed by atoms with van der Waals surface area (Å²) >= 11 is 10.3. The van der Waals surface area contributed by atoms with Crippen molar-refractivity contribution in [1.29, 1.82) is 0 Å². The van der Waals surface area contributed by atoms with Crippen molar-refractivity contribution in [3.05, 3.63) is 10.4 Å². The van der Waals surface area contributed by atoms with Crippen LogP contribution in [0.15, 0.2) is 5.11 Å². The predicted molar refractivity (Wildman–Crippen MR) is 40.6 cm³/mol. The molecule has 0 amide bonds. The molecule has 0 aromatic carbocycles. The summed E-state index contributed by atoms with van der Waals surface area (Å²) in [6, 6.07) is 0. The molecular formula is C4H5Cl2N3O2. The Morgan fingerprint density at radius 2 is 2.36 bits per heavy atom. The van der Waals surface area contributed by atoms with Crippen LogP contribution in [-0.4, -0.2) is 17.0 Å². The van der Waals surface area contributed by atoms with Gasteiger partial charge in [0.05, 0.1) is 0 Å². The summed E-state index contributed by atoms with van der Waals surface area (Å²) in [7, 11) is 0. The van der Waals surface area contributed by atoms with Gasteiger partial charge in [-0.2, -0.15) is 0 Å². The first-order valence-electron chi connectivity index (χ1n) is 2.62. The standard InChI is InChI=1S/C4H5Cl2N3O2/c1-2(11-4(6)10)3(5)8-9-7/h2-3H,1H3. The summed E-state index contributed by atoms with van der Waals surface area (Å²) in [5, 5.41) is 3.09. The molecule has 7 heteroatoms. The summed E-state index contributed by atoms with van der Waals surface area (Å²) in [5.41, 5.74) is 6.02. The maximum atomic E-state index is 10.1. The van der Waals surface area contributed by atoms with Crippen molar-refractivity contribution in [2.75, 3.05) is 0 Å². The van der Waals surface area contributed by atoms with Crippen LogP contribution < -0.4 is 0 Å². The molecule has 0 saturated carbocycles. The average Bonchev–Trinajstić information content (AvgIpc) is 1.86. The molecule has 0 bridgehead atoms. The molecule has 0 aliphatic heterocycles. The fourth-order valence-corrected chi connectivity index (χ4v) is 0.577. The Morgan fingerprint density at radius 3 is 2.73 bits per heavy atom. The maximum absolute atomic E-state index is 10.1. The first kappa shape index (κ1) is 10.4. The number of alkyl halides is 1. The number of nitrogens with zero attached hydrogens (tertiary/aromatic N) is 3. The lowest BCUT2D eigenvalue weighted by molar-refractivity contribution is 0.129. The van der Waals surface area contributed by atoms with Gasteiger partial charge in [-0.15, -0.1) is 11.6 Å². The Balaban J connectivity index is 3.91. The zero-order chi connectivity index (χ0) is 8.85. The SMILES string of the molecule is CC(OC(=O)Cl)C(Cl)N=[N+]=[N-]. The molecule has 0 fully saturated rings. The number of carbonyl (C=O) groups excluding carboxylic acids is 1. The first-order chi connectivity index (χ1) is 5.07. The van der Waals surface area contributed by atoms with Gasteiger partial charge in [-0.05, 0) is 12.5 Å². The van der Waals surface area contributed by atoms with Crippen LogP contribution in [0.1, 0.15) is 6.92 Å². The van der Waals surface area contributed by atoms with Crippen molar-refractivity contribution in [3.8, 4) is 0 Å². The van der Waals surface area contributed by atoms with E-state index in [1.807, 2.05) is 0 Å². The van der Waals surface area contributed by atoms with Gasteiger partial charge in [0.2, 0.25) is 0 Å². The fraction of sp³-hybridized carbons (Fsp3) is 0.750. The quantitative estimate of drug-likeness (QED) is 0.174. The Bertz CT molecular complexity index is 192. The number of hydrogen-bond acceptors (Lipinski definition) is 3. The van der Waals surface area contributed by atoms with E-state index in [9.17, 15) is 4.79 Å². The Labute approximate surface area is 72.8 Å². The lowest BCUT2D eigenvalue weighted by atomic mass is 10.4. The topological polar surface area (TPSA) is 75.1 Å². The van der Waals surface area contributed by atoms with Crippen LogP contribution in [0.5, 0.6) is 0 Å². The van der Waals surface area contributed by atoms with E-state index in [1.54, 1.807) is 0 Å². The molecule has 0 aromatic heterocycles. The number of ether oxygens (including phenoxy) is 1. The molecule has 0 heterocycles. The van der Waals surface area contributed by atoms with Crippen molar-refractivity contribution in [3.63, 3.8) is 0 Å². The van der Waals surface area contributed by atoms with Crippen molar-refractivity contribution in [2.45, 2.75) is 18.5 Å². The van der Waals surface area contributed by atoms with Crippen LogP contribution in [0.25, 0.3) is 10.4 Å². The fourth-order valence-electron chi connectivity index (χ4n) is 0.346. The third-order valence-electron chi connectivity index (χ3n) is 0.828. The van der Waals surface area contributed by atoms with E-state index in [2.05, 4.69) is 14.8 Å². The minimum Gasteiger partial charge on any atom is -0.449 e. The van der Waals surface area contributed by atoms with Gasteiger partial charge in [-0.3, -0.25) is 0 Å². The van der Waals surface area contributed by atoms with Gasteiger partial charge in [0.15, 0.2) is 0 Å². The van der Waals surface area contributed by atoms with Crippen molar-refractivity contribution < 1.29 is 9.53 Å². The van der Waals surface area contributed by atoms with Crippen LogP contribution in [0.3, 0.4) is 0 Å². The third kappa shape index (κ3) is 4.72. The first-order valence-corrected chi connectivity index (χ1v) is 3.43. The smallest absolute Gasteiger partial charge is 0.404 e. The molecule has 2 atom stereocenters. The molecule has 0 saturated heterocycles. The lowest BCUT2D eigenvalue weighted by Gasteiger charge is -2.11. The zero-order valence-electron chi connectivity index (χ0n) is 5.57. The summed E-state index contributed by atoms with van der Waals surface area (Å²) in [4.78, 5) is 12.5. The third-order valence-corrected chi connectivity index (χ3v) is 1.36. The molecular weight excluding hydrogens is 193 g/mol. The van der Waals surface area contributed by atoms with Gasteiger partial charge in [0.1, 0.15) is 11.6 Å². The molecule has 62 valence electrons. The molecule has 0 aromatic rings. The minimum absolute atomic E-state index is 0.724. The van der Waals surface area contributed by atoms with Crippen LogP contribution in [-0.2, 0) is 4.74 Å². The molecule has 2 unspecified atom stereocenters. The van der Waals surface area contributed by atoms with Crippen LogP contribution >= 0.6 is 23.2 Å². The number of halogens is 2. The maximum Gasteiger partial charge on any atom is 0.404 e. The number of hydrogen-bond donors (Lipinski definition) is 0. The summed E-state index contributed by atoms with van der Waals surface area (Å²) in [6.07, 6.45) is -0.724. The second-order valence-electron chi connectivity index (χ2n) is 1.64. The number of carbonyl (C=O) groups is 1. The summed E-state index contributed by atoms with van der Waals surface area (Å²) in [6.45, 7) is 1.46. The second-order valence-corrected chi connectivity index (χ2v) is 2.39. The summed E-state index contributed by atoms with van der Waals surface area (Å²) in [5.74, 6) is 0. The van der Waals surface area contributed by atoms with Gasteiger partial charge >= 0.3 is 5.43 Å². The largest absolute Gasteiger partial charge is 0.449 e. The number of azide groups is 1. The highest BCUT2D eigenvalue weighted by molar-refractivity contribution is 6.61. The van der Waals surface area contributed by atoms with E-state index in [0.29, 0.717) is 0 Å². The molecule has 0 rings (SSSR count). The highest BCUT2D eigenvalue weighted by atomic mass is 35.5. The van der Waals surface area contributed by atoms with Gasteiger partial charge in [-0.1, -0.05) is 5.11 Å². The minimum atomic E-state index is -0.976. The number of rotatable bonds is 3. The molecule has 5 nitrogen and oxygen atoms in total. The molecule has 0 spiro atoms. The monoisotopic (exact) mass is 197 g/mol. The highest BCUT2D eigenvalue weighted by Crippen LogP contribution is 2.09. The Morgan fingerprint density at radius 1 is 1.82 bits per heavy atom. The highest BCUT2D eigenvalue weighted by Gasteiger charge is 2.15. The van der Waals surface area contributed by atoms with E-state index >= 15 is 0 Å². The van der Waals surface area contributed by atoms with Crippen molar-refractivity contribution in [2.24, 2.45) is 5.11 Å². The molecule has 0 aliphatic carbocycles. The van der Waals surface area contributed by atoms with Crippen molar-refractivity contribution in [1.82, 2.24) is 0 Å². The van der Waals surface area contributed by atoms with E-state index < -0.39 is 17.0 Å². The van der Waals surface area contributed by atoms with E-state index in [-0.39, 0.29) is 0 Å². The van der Waals surface area contributed by atoms with Crippen LogP contribution in [0.2, 0.25) is 0 Å². The van der Waals surface area contributed by atoms with Crippen LogP contribution in [0, 0.1) is 0 Å². The average molecular weight is 198 g/mol. The Kier molecular flexibility index (Phi) is 4.77. The van der Waals surface area contributed by atoms with Crippen molar-refractivity contribution >= 4 is 28.6 Å². The normalized spacial score (nSPS) is 14.5. The molecule has 11 heavy (non-hydrogen) atoms. The molecule has 0 N–H and O–H groups in total. The zero-order valence-corrected chi connectivity index (χ0v) is 7.08. The second kappa shape index (κ2) is 5.07. The van der Waals surface area contributed by atoms with Gasteiger partial charge < -0.3 is 4.74 Å². The van der Waals surface area contributed by atoms with E-state index in [1.165, 1.54) is 6.92 Å².